The normalized spacial score (nSPS) is 28.9. The van der Waals surface area contributed by atoms with Crippen LogP contribution in [0.15, 0.2) is 24.3 Å². The minimum atomic E-state index is -0.0886. The van der Waals surface area contributed by atoms with Crippen LogP contribution in [0.25, 0.3) is 0 Å². The fourth-order valence-electron chi connectivity index (χ4n) is 2.79. The summed E-state index contributed by atoms with van der Waals surface area (Å²) >= 11 is 0. The molecular formula is C15H19N. The lowest BCUT2D eigenvalue weighted by Gasteiger charge is -2.20. The van der Waals surface area contributed by atoms with Crippen LogP contribution < -0.4 is 0 Å². The van der Waals surface area contributed by atoms with Gasteiger partial charge in [0, 0.05) is 0 Å². The van der Waals surface area contributed by atoms with Crippen LogP contribution in [-0.4, -0.2) is 0 Å². The first-order chi connectivity index (χ1) is 7.63. The molecule has 1 aromatic carbocycles. The molecule has 1 aliphatic carbocycles. The van der Waals surface area contributed by atoms with Crippen molar-refractivity contribution in [3.63, 3.8) is 0 Å². The van der Waals surface area contributed by atoms with E-state index in [-0.39, 0.29) is 5.41 Å². The van der Waals surface area contributed by atoms with E-state index in [0.29, 0.717) is 5.92 Å². The van der Waals surface area contributed by atoms with Gasteiger partial charge in [0.1, 0.15) is 0 Å². The van der Waals surface area contributed by atoms with Crippen molar-refractivity contribution in [1.29, 1.82) is 5.26 Å². The predicted octanol–water partition coefficient (Wildman–Crippen LogP) is 3.87. The third-order valence-electron chi connectivity index (χ3n) is 3.76. The van der Waals surface area contributed by atoms with Gasteiger partial charge in [0.2, 0.25) is 0 Å². The first kappa shape index (κ1) is 11.2. The standard InChI is InChI=1S/C15H19N/c1-12-3-5-14(6-4-12)10-15(11-16)8-7-13(2)9-15/h3-6,13H,7-10H2,1-2H3. The Kier molecular flexibility index (Phi) is 3.01. The summed E-state index contributed by atoms with van der Waals surface area (Å²) in [6.45, 7) is 4.36. The molecule has 1 fully saturated rings. The zero-order chi connectivity index (χ0) is 11.6. The van der Waals surface area contributed by atoms with E-state index in [1.54, 1.807) is 0 Å². The highest BCUT2D eigenvalue weighted by molar-refractivity contribution is 5.24. The van der Waals surface area contributed by atoms with Gasteiger partial charge >= 0.3 is 0 Å². The molecule has 0 amide bonds. The fraction of sp³-hybridized carbons (Fsp3) is 0.533. The third-order valence-corrected chi connectivity index (χ3v) is 3.76. The van der Waals surface area contributed by atoms with Crippen LogP contribution in [0.3, 0.4) is 0 Å². The van der Waals surface area contributed by atoms with Gasteiger partial charge in [-0.05, 0) is 44.1 Å². The van der Waals surface area contributed by atoms with Gasteiger partial charge in [-0.2, -0.15) is 5.26 Å². The van der Waals surface area contributed by atoms with Crippen molar-refractivity contribution in [1.82, 2.24) is 0 Å². The van der Waals surface area contributed by atoms with E-state index in [2.05, 4.69) is 44.2 Å². The number of hydrogen-bond acceptors (Lipinski definition) is 1. The molecule has 2 unspecified atom stereocenters. The van der Waals surface area contributed by atoms with Gasteiger partial charge < -0.3 is 0 Å². The second kappa shape index (κ2) is 4.29. The number of hydrogen-bond donors (Lipinski definition) is 0. The Balaban J connectivity index is 2.14. The minimum Gasteiger partial charge on any atom is -0.198 e. The van der Waals surface area contributed by atoms with E-state index in [4.69, 9.17) is 0 Å². The second-order valence-electron chi connectivity index (χ2n) is 5.40. The van der Waals surface area contributed by atoms with E-state index < -0.39 is 0 Å². The van der Waals surface area contributed by atoms with Gasteiger partial charge in [0.25, 0.3) is 0 Å². The maximum absolute atomic E-state index is 9.40. The van der Waals surface area contributed by atoms with Gasteiger partial charge in [0.15, 0.2) is 0 Å². The average Bonchev–Trinajstić information content (AvgIpc) is 2.64. The van der Waals surface area contributed by atoms with Gasteiger partial charge in [-0.3, -0.25) is 0 Å². The third kappa shape index (κ3) is 2.27. The zero-order valence-electron chi connectivity index (χ0n) is 10.2. The summed E-state index contributed by atoms with van der Waals surface area (Å²) < 4.78 is 0. The van der Waals surface area contributed by atoms with E-state index in [0.717, 1.165) is 19.3 Å². The molecule has 1 heteroatoms. The maximum atomic E-state index is 9.40. The van der Waals surface area contributed by atoms with Crippen LogP contribution in [0.5, 0.6) is 0 Å². The van der Waals surface area contributed by atoms with Crippen molar-refractivity contribution in [2.45, 2.75) is 39.5 Å². The molecule has 2 rings (SSSR count). The molecule has 84 valence electrons. The van der Waals surface area contributed by atoms with E-state index in [9.17, 15) is 5.26 Å². The number of nitrogens with zero attached hydrogens (tertiary/aromatic N) is 1. The largest absolute Gasteiger partial charge is 0.198 e. The Morgan fingerprint density at radius 2 is 2.06 bits per heavy atom. The van der Waals surface area contributed by atoms with E-state index in [1.807, 2.05) is 0 Å². The minimum absolute atomic E-state index is 0.0886. The number of benzene rings is 1. The molecule has 0 N–H and O–H groups in total. The van der Waals surface area contributed by atoms with Crippen molar-refractivity contribution in [2.75, 3.05) is 0 Å². The summed E-state index contributed by atoms with van der Waals surface area (Å²) in [6.07, 6.45) is 4.27. The fourth-order valence-corrected chi connectivity index (χ4v) is 2.79. The van der Waals surface area contributed by atoms with Crippen molar-refractivity contribution in [2.24, 2.45) is 11.3 Å². The van der Waals surface area contributed by atoms with Crippen LogP contribution in [0.1, 0.15) is 37.3 Å². The quantitative estimate of drug-likeness (QED) is 0.731. The first-order valence-electron chi connectivity index (χ1n) is 6.10. The molecule has 0 aromatic heterocycles. The molecule has 0 radical (unpaired) electrons. The molecule has 16 heavy (non-hydrogen) atoms. The lowest BCUT2D eigenvalue weighted by molar-refractivity contribution is 0.391. The maximum Gasteiger partial charge on any atom is 0.0693 e. The van der Waals surface area contributed by atoms with Crippen LogP contribution in [0, 0.1) is 29.6 Å². The summed E-state index contributed by atoms with van der Waals surface area (Å²) in [4.78, 5) is 0. The smallest absolute Gasteiger partial charge is 0.0693 e. The summed E-state index contributed by atoms with van der Waals surface area (Å²) in [5, 5.41) is 9.40. The van der Waals surface area contributed by atoms with Crippen LogP contribution in [0.4, 0.5) is 0 Å². The molecule has 0 saturated heterocycles. The molecule has 0 aliphatic heterocycles. The Hall–Kier alpha value is -1.29. The van der Waals surface area contributed by atoms with Crippen LogP contribution >= 0.6 is 0 Å². The Morgan fingerprint density at radius 1 is 1.38 bits per heavy atom. The second-order valence-corrected chi connectivity index (χ2v) is 5.40. The Bertz CT molecular complexity index is 398. The molecule has 1 saturated carbocycles. The first-order valence-corrected chi connectivity index (χ1v) is 6.10. The van der Waals surface area contributed by atoms with E-state index in [1.165, 1.54) is 17.5 Å². The lowest BCUT2D eigenvalue weighted by Crippen LogP contribution is -2.17. The van der Waals surface area contributed by atoms with Gasteiger partial charge in [-0.1, -0.05) is 36.8 Å². The van der Waals surface area contributed by atoms with Crippen molar-refractivity contribution in [3.05, 3.63) is 35.4 Å². The summed E-state index contributed by atoms with van der Waals surface area (Å²) in [7, 11) is 0. The molecule has 0 heterocycles. The topological polar surface area (TPSA) is 23.8 Å². The van der Waals surface area contributed by atoms with E-state index >= 15 is 0 Å². The molecule has 1 nitrogen and oxygen atoms in total. The average molecular weight is 213 g/mol. The summed E-state index contributed by atoms with van der Waals surface area (Å²) in [5.41, 5.74) is 2.50. The molecule has 2 atom stereocenters. The molecule has 1 aliphatic rings. The highest BCUT2D eigenvalue weighted by atomic mass is 14.4. The van der Waals surface area contributed by atoms with Crippen molar-refractivity contribution >= 4 is 0 Å². The number of nitriles is 1. The molecule has 1 aromatic rings. The Labute approximate surface area is 98.1 Å². The van der Waals surface area contributed by atoms with Gasteiger partial charge in [0.05, 0.1) is 11.5 Å². The molecular weight excluding hydrogens is 194 g/mol. The van der Waals surface area contributed by atoms with Gasteiger partial charge in [-0.15, -0.1) is 0 Å². The highest BCUT2D eigenvalue weighted by Gasteiger charge is 2.37. The monoisotopic (exact) mass is 213 g/mol. The van der Waals surface area contributed by atoms with Crippen molar-refractivity contribution < 1.29 is 0 Å². The SMILES string of the molecule is Cc1ccc(CC2(C#N)CCC(C)C2)cc1. The summed E-state index contributed by atoms with van der Waals surface area (Å²) in [6, 6.07) is 11.2. The van der Waals surface area contributed by atoms with Crippen molar-refractivity contribution in [3.8, 4) is 6.07 Å². The molecule has 0 spiro atoms. The summed E-state index contributed by atoms with van der Waals surface area (Å²) in [5.74, 6) is 0.713. The lowest BCUT2D eigenvalue weighted by atomic mass is 9.81. The highest BCUT2D eigenvalue weighted by Crippen LogP contribution is 2.43. The molecule has 0 bridgehead atoms. The Morgan fingerprint density at radius 3 is 2.56 bits per heavy atom. The van der Waals surface area contributed by atoms with Gasteiger partial charge in [-0.25, -0.2) is 0 Å². The predicted molar refractivity (Wildman–Crippen MR) is 65.9 cm³/mol. The van der Waals surface area contributed by atoms with Crippen LogP contribution in [0.2, 0.25) is 0 Å². The number of rotatable bonds is 2. The zero-order valence-corrected chi connectivity index (χ0v) is 10.2. The number of aryl methyl sites for hydroxylation is 1. The van der Waals surface area contributed by atoms with Crippen LogP contribution in [-0.2, 0) is 6.42 Å².